The van der Waals surface area contributed by atoms with Gasteiger partial charge in [0.05, 0.1) is 12.8 Å². The lowest BCUT2D eigenvalue weighted by Crippen LogP contribution is -2.37. The maximum absolute atomic E-state index is 12.6. The zero-order valence-corrected chi connectivity index (χ0v) is 16.6. The van der Waals surface area contributed by atoms with Gasteiger partial charge in [0.15, 0.2) is 11.2 Å². The van der Waals surface area contributed by atoms with Crippen molar-refractivity contribution in [2.75, 3.05) is 12.0 Å². The van der Waals surface area contributed by atoms with Crippen LogP contribution in [0.4, 0.5) is 5.95 Å². The van der Waals surface area contributed by atoms with Crippen LogP contribution in [-0.4, -0.2) is 31.5 Å². The number of aryl methyl sites for hydroxylation is 1. The summed E-state index contributed by atoms with van der Waals surface area (Å²) >= 11 is 0. The second-order valence-electron chi connectivity index (χ2n) is 6.65. The number of nitrogens with zero attached hydrogens (tertiary/aromatic N) is 5. The molecular formula is C19H24N6O3. The Morgan fingerprint density at radius 2 is 1.86 bits per heavy atom. The van der Waals surface area contributed by atoms with Gasteiger partial charge in [0, 0.05) is 20.1 Å². The number of ether oxygens (including phenoxy) is 1. The summed E-state index contributed by atoms with van der Waals surface area (Å²) in [5, 5.41) is 4.23. The van der Waals surface area contributed by atoms with E-state index in [-0.39, 0.29) is 11.6 Å². The molecule has 0 fully saturated rings. The van der Waals surface area contributed by atoms with Gasteiger partial charge in [0.2, 0.25) is 5.95 Å². The number of imidazole rings is 1. The number of nitrogens with one attached hydrogen (secondary N) is 1. The molecule has 0 spiro atoms. The fourth-order valence-electron chi connectivity index (χ4n) is 2.98. The summed E-state index contributed by atoms with van der Waals surface area (Å²) in [7, 11) is 3.05. The molecule has 0 aliphatic carbocycles. The third-order valence-electron chi connectivity index (χ3n) is 4.38. The van der Waals surface area contributed by atoms with E-state index < -0.39 is 5.69 Å². The minimum atomic E-state index is -0.421. The number of fused-ring (bicyclic) bond motifs is 1. The average molecular weight is 384 g/mol. The monoisotopic (exact) mass is 384 g/mol. The second kappa shape index (κ2) is 7.71. The lowest BCUT2D eigenvalue weighted by atomic mass is 10.2. The average Bonchev–Trinajstić information content (AvgIpc) is 3.06. The molecule has 0 atom stereocenters. The highest BCUT2D eigenvalue weighted by Gasteiger charge is 2.20. The maximum Gasteiger partial charge on any atom is 0.332 e. The Bertz CT molecular complexity index is 1140. The van der Waals surface area contributed by atoms with Gasteiger partial charge in [-0.15, -0.1) is 0 Å². The molecule has 0 unspecified atom stereocenters. The van der Waals surface area contributed by atoms with Gasteiger partial charge in [0.1, 0.15) is 5.75 Å². The molecule has 3 rings (SSSR count). The van der Waals surface area contributed by atoms with E-state index in [4.69, 9.17) is 4.74 Å². The molecule has 28 heavy (non-hydrogen) atoms. The van der Waals surface area contributed by atoms with E-state index in [1.165, 1.54) is 11.6 Å². The van der Waals surface area contributed by atoms with Crippen molar-refractivity contribution in [1.82, 2.24) is 18.7 Å². The largest absolute Gasteiger partial charge is 0.494 e. The first kappa shape index (κ1) is 19.4. The molecule has 1 N–H and O–H groups in total. The van der Waals surface area contributed by atoms with E-state index in [0.29, 0.717) is 23.7 Å². The Morgan fingerprint density at radius 3 is 2.46 bits per heavy atom. The number of hydrogen-bond acceptors (Lipinski definition) is 6. The maximum atomic E-state index is 12.6. The minimum Gasteiger partial charge on any atom is -0.494 e. The van der Waals surface area contributed by atoms with Crippen LogP contribution in [0, 0.1) is 0 Å². The second-order valence-corrected chi connectivity index (χ2v) is 6.65. The van der Waals surface area contributed by atoms with Crippen molar-refractivity contribution in [1.29, 1.82) is 0 Å². The molecule has 0 radical (unpaired) electrons. The van der Waals surface area contributed by atoms with Gasteiger partial charge in [-0.3, -0.25) is 13.9 Å². The standard InChI is InChI=1S/C19H24N6O3/c1-6-28-14-9-7-13(8-10-14)11-20-22-18-21-16-15(25(18)12(2)3)17(26)24(5)19(27)23(16)4/h7-12H,6H2,1-5H3,(H,21,22)/b20-11-. The first-order valence-electron chi connectivity index (χ1n) is 9.05. The molecule has 0 saturated heterocycles. The molecular weight excluding hydrogens is 360 g/mol. The van der Waals surface area contributed by atoms with Crippen molar-refractivity contribution in [3.8, 4) is 5.75 Å². The quantitative estimate of drug-likeness (QED) is 0.517. The van der Waals surface area contributed by atoms with Crippen LogP contribution >= 0.6 is 0 Å². The SMILES string of the molecule is CCOc1ccc(/C=N\Nc2nc3c(c(=O)n(C)c(=O)n3C)n2C(C)C)cc1. The van der Waals surface area contributed by atoms with Crippen LogP contribution in [0.5, 0.6) is 5.75 Å². The van der Waals surface area contributed by atoms with Crippen molar-refractivity contribution in [3.05, 3.63) is 50.7 Å². The van der Waals surface area contributed by atoms with Gasteiger partial charge in [-0.2, -0.15) is 10.1 Å². The summed E-state index contributed by atoms with van der Waals surface area (Å²) in [6.07, 6.45) is 1.65. The highest BCUT2D eigenvalue weighted by Crippen LogP contribution is 2.21. The Morgan fingerprint density at radius 1 is 1.18 bits per heavy atom. The van der Waals surface area contributed by atoms with Crippen LogP contribution in [-0.2, 0) is 14.1 Å². The van der Waals surface area contributed by atoms with E-state index in [1.54, 1.807) is 17.8 Å². The first-order valence-corrected chi connectivity index (χ1v) is 9.05. The van der Waals surface area contributed by atoms with E-state index in [0.717, 1.165) is 15.9 Å². The van der Waals surface area contributed by atoms with Crippen molar-refractivity contribution >= 4 is 23.3 Å². The number of anilines is 1. The summed E-state index contributed by atoms with van der Waals surface area (Å²) in [6, 6.07) is 7.46. The summed E-state index contributed by atoms with van der Waals surface area (Å²) in [6.45, 7) is 6.42. The highest BCUT2D eigenvalue weighted by molar-refractivity contribution is 5.80. The molecule has 148 valence electrons. The Labute approximate surface area is 161 Å². The van der Waals surface area contributed by atoms with Gasteiger partial charge < -0.3 is 9.30 Å². The third kappa shape index (κ3) is 3.42. The van der Waals surface area contributed by atoms with Crippen LogP contribution in [0.3, 0.4) is 0 Å². The lowest BCUT2D eigenvalue weighted by molar-refractivity contribution is 0.340. The van der Waals surface area contributed by atoms with Crippen LogP contribution < -0.4 is 21.4 Å². The summed E-state index contributed by atoms with van der Waals surface area (Å²) in [4.78, 5) is 29.2. The van der Waals surface area contributed by atoms with Crippen LogP contribution in [0.2, 0.25) is 0 Å². The van der Waals surface area contributed by atoms with Gasteiger partial charge in [-0.1, -0.05) is 0 Å². The van der Waals surface area contributed by atoms with E-state index in [2.05, 4.69) is 15.5 Å². The Hall–Kier alpha value is -3.36. The fourth-order valence-corrected chi connectivity index (χ4v) is 2.98. The number of hydrazone groups is 1. The van der Waals surface area contributed by atoms with Crippen LogP contribution in [0.15, 0.2) is 39.0 Å². The first-order chi connectivity index (χ1) is 13.3. The van der Waals surface area contributed by atoms with Crippen molar-refractivity contribution < 1.29 is 4.74 Å². The summed E-state index contributed by atoms with van der Waals surface area (Å²) in [5.74, 6) is 1.19. The van der Waals surface area contributed by atoms with Gasteiger partial charge in [-0.25, -0.2) is 10.2 Å². The molecule has 1 aromatic carbocycles. The summed E-state index contributed by atoms with van der Waals surface area (Å²) in [5.41, 5.74) is 3.65. The van der Waals surface area contributed by atoms with Crippen molar-refractivity contribution in [2.24, 2.45) is 19.2 Å². The van der Waals surface area contributed by atoms with Gasteiger partial charge in [-0.05, 0) is 50.6 Å². The highest BCUT2D eigenvalue weighted by atomic mass is 16.5. The van der Waals surface area contributed by atoms with Gasteiger partial charge >= 0.3 is 5.69 Å². The Balaban J connectivity index is 1.98. The molecule has 0 saturated carbocycles. The van der Waals surface area contributed by atoms with Gasteiger partial charge in [0.25, 0.3) is 5.56 Å². The molecule has 0 aliphatic rings. The number of aromatic nitrogens is 4. The van der Waals surface area contributed by atoms with Crippen LogP contribution in [0.1, 0.15) is 32.4 Å². The number of hydrogen-bond donors (Lipinski definition) is 1. The van der Waals surface area contributed by atoms with E-state index in [9.17, 15) is 9.59 Å². The predicted molar refractivity (Wildman–Crippen MR) is 109 cm³/mol. The van der Waals surface area contributed by atoms with Crippen molar-refractivity contribution in [3.63, 3.8) is 0 Å². The molecule has 9 nitrogen and oxygen atoms in total. The third-order valence-corrected chi connectivity index (χ3v) is 4.38. The Kier molecular flexibility index (Phi) is 5.34. The normalized spacial score (nSPS) is 11.6. The number of benzene rings is 1. The zero-order chi connectivity index (χ0) is 20.4. The van der Waals surface area contributed by atoms with Crippen molar-refractivity contribution in [2.45, 2.75) is 26.8 Å². The topological polar surface area (TPSA) is 95.4 Å². The number of rotatable bonds is 6. The molecule has 0 aliphatic heterocycles. The minimum absolute atomic E-state index is 0.0571. The van der Waals surface area contributed by atoms with E-state index >= 15 is 0 Å². The zero-order valence-electron chi connectivity index (χ0n) is 16.6. The van der Waals surface area contributed by atoms with E-state index in [1.807, 2.05) is 45.0 Å². The molecule has 3 aromatic rings. The molecule has 2 aromatic heterocycles. The molecule has 2 heterocycles. The lowest BCUT2D eigenvalue weighted by Gasteiger charge is -2.12. The van der Waals surface area contributed by atoms with Crippen LogP contribution in [0.25, 0.3) is 11.2 Å². The smallest absolute Gasteiger partial charge is 0.332 e. The fraction of sp³-hybridized carbons (Fsp3) is 0.368. The summed E-state index contributed by atoms with van der Waals surface area (Å²) < 4.78 is 9.60. The molecule has 0 amide bonds. The molecule has 9 heteroatoms. The predicted octanol–water partition coefficient (Wildman–Crippen LogP) is 1.86. The molecule has 0 bridgehead atoms.